The lowest BCUT2D eigenvalue weighted by molar-refractivity contribution is -0.231. The minimum absolute atomic E-state index is 0.123. The normalized spacial score (nSPS) is 28.8. The van der Waals surface area contributed by atoms with Gasteiger partial charge in [0, 0.05) is 11.4 Å². The van der Waals surface area contributed by atoms with E-state index in [4.69, 9.17) is 25.8 Å². The van der Waals surface area contributed by atoms with Crippen molar-refractivity contribution in [3.63, 3.8) is 0 Å². The van der Waals surface area contributed by atoms with Crippen LogP contribution in [0.2, 0.25) is 5.02 Å². The van der Waals surface area contributed by atoms with Gasteiger partial charge in [-0.15, -0.1) is 0 Å². The fourth-order valence-corrected chi connectivity index (χ4v) is 4.21. The maximum atomic E-state index is 13.9. The number of hydrogen-bond acceptors (Lipinski definition) is 7. The maximum Gasteiger partial charge on any atom is 0.160 e. The van der Waals surface area contributed by atoms with Crippen molar-refractivity contribution in [2.45, 2.75) is 49.0 Å². The second-order valence-corrected chi connectivity index (χ2v) is 9.07. The first-order valence-electron chi connectivity index (χ1n) is 10.9. The van der Waals surface area contributed by atoms with Gasteiger partial charge in [-0.05, 0) is 41.3 Å². The Bertz CT molecular complexity index is 935. The van der Waals surface area contributed by atoms with Crippen molar-refractivity contribution in [1.82, 2.24) is 0 Å². The number of hydrogen-bond donors (Lipinski definition) is 4. The Hall–Kier alpha value is -1.78. The van der Waals surface area contributed by atoms with Gasteiger partial charge in [0.1, 0.15) is 36.3 Å². The average Bonchev–Trinajstić information content (AvgIpc) is 2.79. The van der Waals surface area contributed by atoms with Crippen LogP contribution in [0.15, 0.2) is 42.5 Å². The summed E-state index contributed by atoms with van der Waals surface area (Å²) in [6.45, 7) is 0.0269. The van der Waals surface area contributed by atoms with Crippen molar-refractivity contribution >= 4 is 11.6 Å². The fourth-order valence-electron chi connectivity index (χ4n) is 4.03. The molecule has 9 heteroatoms. The molecule has 2 unspecified atom stereocenters. The average molecular weight is 483 g/mol. The second-order valence-electron chi connectivity index (χ2n) is 8.66. The third-order valence-corrected chi connectivity index (χ3v) is 6.52. The van der Waals surface area contributed by atoms with Gasteiger partial charge in [-0.3, -0.25) is 0 Å². The van der Waals surface area contributed by atoms with Crippen LogP contribution in [-0.2, 0) is 15.9 Å². The van der Waals surface area contributed by atoms with Crippen molar-refractivity contribution in [3.8, 4) is 5.75 Å². The first-order valence-corrected chi connectivity index (χ1v) is 11.2. The Morgan fingerprint density at radius 1 is 1.03 bits per heavy atom. The highest BCUT2D eigenvalue weighted by molar-refractivity contribution is 6.31. The van der Waals surface area contributed by atoms with Crippen LogP contribution in [0.25, 0.3) is 0 Å². The van der Waals surface area contributed by atoms with Crippen molar-refractivity contribution < 1.29 is 39.0 Å². The van der Waals surface area contributed by atoms with E-state index in [0.717, 1.165) is 11.1 Å². The highest BCUT2D eigenvalue weighted by Gasteiger charge is 2.44. The summed E-state index contributed by atoms with van der Waals surface area (Å²) < 4.78 is 30.1. The summed E-state index contributed by atoms with van der Waals surface area (Å²) in [5, 5.41) is 40.4. The van der Waals surface area contributed by atoms with E-state index in [9.17, 15) is 24.8 Å². The lowest BCUT2D eigenvalue weighted by Gasteiger charge is -2.40. The first-order chi connectivity index (χ1) is 15.8. The quantitative estimate of drug-likeness (QED) is 0.455. The minimum atomic E-state index is -1.45. The van der Waals surface area contributed by atoms with Gasteiger partial charge < -0.3 is 34.6 Å². The van der Waals surface area contributed by atoms with Gasteiger partial charge in [0.25, 0.3) is 0 Å². The molecule has 0 radical (unpaired) electrons. The molecule has 7 nitrogen and oxygen atoms in total. The van der Waals surface area contributed by atoms with Crippen LogP contribution in [0.5, 0.6) is 5.75 Å². The van der Waals surface area contributed by atoms with E-state index in [1.807, 2.05) is 24.3 Å². The third-order valence-electron chi connectivity index (χ3n) is 6.15. The predicted octanol–water partition coefficient (Wildman–Crippen LogP) is 1.95. The molecule has 33 heavy (non-hydrogen) atoms. The molecule has 0 aliphatic carbocycles. The maximum absolute atomic E-state index is 13.9. The number of aliphatic hydroxyl groups is 4. The predicted molar refractivity (Wildman–Crippen MR) is 118 cm³/mol. The molecular weight excluding hydrogens is 455 g/mol. The Kier molecular flexibility index (Phi) is 7.55. The number of halogens is 2. The van der Waals surface area contributed by atoms with Crippen LogP contribution >= 0.6 is 11.6 Å². The Morgan fingerprint density at radius 3 is 2.39 bits per heavy atom. The number of rotatable bonds is 8. The lowest BCUT2D eigenvalue weighted by Crippen LogP contribution is -2.55. The fraction of sp³-hybridized carbons (Fsp3) is 0.500. The van der Waals surface area contributed by atoms with E-state index < -0.39 is 42.8 Å². The van der Waals surface area contributed by atoms with Gasteiger partial charge >= 0.3 is 0 Å². The summed E-state index contributed by atoms with van der Waals surface area (Å²) in [6, 6.07) is 12.6. The van der Waals surface area contributed by atoms with E-state index in [1.54, 1.807) is 18.2 Å². The summed E-state index contributed by atoms with van der Waals surface area (Å²) in [6.07, 6.45) is -5.34. The number of benzene rings is 2. The van der Waals surface area contributed by atoms with E-state index >= 15 is 0 Å². The molecule has 4 N–H and O–H groups in total. The third kappa shape index (κ3) is 5.49. The summed E-state index contributed by atoms with van der Waals surface area (Å²) in [5.41, 5.74) is 1.04. The second kappa shape index (κ2) is 10.2. The van der Waals surface area contributed by atoms with Crippen LogP contribution in [0, 0.1) is 0 Å². The first kappa shape index (κ1) is 24.3. The molecule has 2 aliphatic heterocycles. The molecule has 2 aliphatic rings. The standard InChI is InChI=1S/C24H28ClFO7/c25-18-6-3-15(23-22(30)21(29)20(28)19(11-27)33-23)10-16(18)9-14-1-4-17(5-2-14)32-8-7-24(26)12-31-13-24/h1-6,10,19-23,27-30H,7-9,11-13H2/t19-,20-,21?,22-,23?/m1/s1. The topological polar surface area (TPSA) is 109 Å². The van der Waals surface area contributed by atoms with E-state index in [-0.39, 0.29) is 26.2 Å². The zero-order valence-corrected chi connectivity index (χ0v) is 18.7. The molecule has 0 saturated carbocycles. The van der Waals surface area contributed by atoms with Gasteiger partial charge in [0.05, 0.1) is 26.4 Å². The zero-order chi connectivity index (χ0) is 23.6. The lowest BCUT2D eigenvalue weighted by atomic mass is 9.90. The summed E-state index contributed by atoms with van der Waals surface area (Å²) >= 11 is 6.39. The van der Waals surface area contributed by atoms with Crippen LogP contribution in [0.1, 0.15) is 29.2 Å². The Labute approximate surface area is 196 Å². The minimum Gasteiger partial charge on any atom is -0.493 e. The monoisotopic (exact) mass is 482 g/mol. The van der Waals surface area contributed by atoms with Crippen LogP contribution < -0.4 is 4.74 Å². The largest absolute Gasteiger partial charge is 0.493 e. The molecule has 180 valence electrons. The van der Waals surface area contributed by atoms with Crippen molar-refractivity contribution in [2.75, 3.05) is 26.4 Å². The van der Waals surface area contributed by atoms with Gasteiger partial charge in [-0.2, -0.15) is 0 Å². The molecule has 2 aromatic carbocycles. The molecule has 0 amide bonds. The SMILES string of the molecule is OC[C@H]1OC(c2ccc(Cl)c(Cc3ccc(OCCC4(F)COC4)cc3)c2)[C@H](O)C(O)[C@@H]1O. The molecule has 0 bridgehead atoms. The van der Waals surface area contributed by atoms with Gasteiger partial charge in [-0.25, -0.2) is 4.39 Å². The molecule has 2 aromatic rings. The van der Waals surface area contributed by atoms with Crippen LogP contribution in [-0.4, -0.2) is 76.9 Å². The number of alkyl halides is 1. The van der Waals surface area contributed by atoms with E-state index in [2.05, 4.69) is 0 Å². The number of ether oxygens (including phenoxy) is 3. The van der Waals surface area contributed by atoms with Crippen LogP contribution in [0.4, 0.5) is 4.39 Å². The molecule has 2 saturated heterocycles. The Balaban J connectivity index is 1.41. The molecule has 0 spiro atoms. The van der Waals surface area contributed by atoms with E-state index in [0.29, 0.717) is 22.8 Å². The molecule has 4 rings (SSSR count). The highest BCUT2D eigenvalue weighted by Crippen LogP contribution is 2.34. The van der Waals surface area contributed by atoms with Crippen molar-refractivity contribution in [3.05, 3.63) is 64.2 Å². The summed E-state index contributed by atoms with van der Waals surface area (Å²) in [5.74, 6) is 0.642. The molecule has 0 aromatic heterocycles. The van der Waals surface area contributed by atoms with Gasteiger partial charge in [0.15, 0.2) is 5.67 Å². The van der Waals surface area contributed by atoms with Gasteiger partial charge in [0.2, 0.25) is 0 Å². The molecular formula is C24H28ClFO7. The number of aliphatic hydroxyl groups excluding tert-OH is 4. The van der Waals surface area contributed by atoms with E-state index in [1.165, 1.54) is 0 Å². The highest BCUT2D eigenvalue weighted by atomic mass is 35.5. The van der Waals surface area contributed by atoms with Crippen molar-refractivity contribution in [2.24, 2.45) is 0 Å². The zero-order valence-electron chi connectivity index (χ0n) is 17.9. The summed E-state index contributed by atoms with van der Waals surface area (Å²) in [7, 11) is 0. The molecule has 2 fully saturated rings. The van der Waals surface area contributed by atoms with Gasteiger partial charge in [-0.1, -0.05) is 35.9 Å². The molecule has 2 heterocycles. The van der Waals surface area contributed by atoms with Crippen molar-refractivity contribution in [1.29, 1.82) is 0 Å². The van der Waals surface area contributed by atoms with Crippen LogP contribution in [0.3, 0.4) is 0 Å². The molecule has 5 atom stereocenters. The Morgan fingerprint density at radius 2 is 1.76 bits per heavy atom. The smallest absolute Gasteiger partial charge is 0.160 e. The summed E-state index contributed by atoms with van der Waals surface area (Å²) in [4.78, 5) is 0.